The molecule has 6 nitrogen and oxygen atoms in total. The molecule has 0 N–H and O–H groups in total. The molecule has 0 bridgehead atoms. The lowest BCUT2D eigenvalue weighted by molar-refractivity contribution is -0.167. The lowest BCUT2D eigenvalue weighted by Gasteiger charge is -2.18. The van der Waals surface area contributed by atoms with Crippen molar-refractivity contribution in [1.82, 2.24) is 0 Å². The van der Waals surface area contributed by atoms with Crippen molar-refractivity contribution >= 4 is 17.9 Å². The maximum atomic E-state index is 12.8. The van der Waals surface area contributed by atoms with E-state index in [4.69, 9.17) is 14.2 Å². The largest absolute Gasteiger partial charge is 0.462 e. The van der Waals surface area contributed by atoms with Crippen LogP contribution in [0.1, 0.15) is 348 Å². The van der Waals surface area contributed by atoms with Crippen LogP contribution in [0.5, 0.6) is 0 Å². The molecule has 1 atom stereocenters. The number of ether oxygens (including phenoxy) is 3. The van der Waals surface area contributed by atoms with Crippen molar-refractivity contribution < 1.29 is 28.6 Å². The van der Waals surface area contributed by atoms with Crippen molar-refractivity contribution in [2.75, 3.05) is 13.2 Å². The third kappa shape index (κ3) is 60.2. The number of hydrogen-bond donors (Lipinski definition) is 0. The molecule has 6 heteroatoms. The molecule has 0 aromatic heterocycles. The predicted molar refractivity (Wildman–Crippen MR) is 321 cm³/mol. The molecule has 0 spiro atoms. The Labute approximate surface area is 460 Å². The third-order valence-corrected chi connectivity index (χ3v) is 14.6. The molecule has 0 aromatic rings. The minimum Gasteiger partial charge on any atom is -0.462 e. The minimum absolute atomic E-state index is 0.0664. The van der Waals surface area contributed by atoms with Crippen LogP contribution in [0, 0.1) is 0 Å². The summed E-state index contributed by atoms with van der Waals surface area (Å²) in [6.07, 6.45) is 78.7. The summed E-state index contributed by atoms with van der Waals surface area (Å²) in [7, 11) is 0. The molecule has 0 aliphatic heterocycles. The van der Waals surface area contributed by atoms with Crippen molar-refractivity contribution in [3.63, 3.8) is 0 Å². The molecule has 0 radical (unpaired) electrons. The van der Waals surface area contributed by atoms with Gasteiger partial charge in [0.2, 0.25) is 0 Å². The molecule has 0 rings (SSSR count). The van der Waals surface area contributed by atoms with Crippen molar-refractivity contribution in [3.8, 4) is 0 Å². The molecule has 0 aliphatic rings. The Morgan fingerprint density at radius 1 is 0.284 bits per heavy atom. The monoisotopic (exact) mass is 1040 g/mol. The lowest BCUT2D eigenvalue weighted by atomic mass is 10.0. The van der Waals surface area contributed by atoms with E-state index >= 15 is 0 Å². The number of esters is 3. The zero-order valence-corrected chi connectivity index (χ0v) is 49.6. The first-order valence-corrected chi connectivity index (χ1v) is 32.6. The second-order valence-corrected chi connectivity index (χ2v) is 22.0. The molecule has 0 saturated carbocycles. The highest BCUT2D eigenvalue weighted by atomic mass is 16.6. The summed E-state index contributed by atoms with van der Waals surface area (Å²) in [5.41, 5.74) is 0. The van der Waals surface area contributed by atoms with Gasteiger partial charge in [0.25, 0.3) is 0 Å². The Balaban J connectivity index is 4.01. The number of allylic oxidation sites excluding steroid dienone is 8. The fraction of sp³-hybridized carbons (Fsp3) is 0.838. The molecule has 0 saturated heterocycles. The summed E-state index contributed by atoms with van der Waals surface area (Å²) in [5, 5.41) is 0. The molecule has 1 unspecified atom stereocenters. The molecule has 0 fully saturated rings. The zero-order chi connectivity index (χ0) is 53.6. The Kier molecular flexibility index (Phi) is 60.7. The van der Waals surface area contributed by atoms with Gasteiger partial charge < -0.3 is 14.2 Å². The van der Waals surface area contributed by atoms with Crippen molar-refractivity contribution in [2.24, 2.45) is 0 Å². The standard InChI is InChI=1S/C68H124O6/c1-4-7-10-13-16-18-20-22-24-26-28-29-30-31-32-33-34-35-36-37-38-39-40-42-43-45-47-49-52-55-58-61-67(70)73-64-65(63-72-66(69)60-57-54-51-15-12-9-6-3)74-68(71)62-59-56-53-50-48-46-44-41-27-25-23-21-19-17-14-11-8-5-2/h7,10,16,18,22,24,28-29,65H,4-6,8-9,11-15,17,19-21,23,25-27,30-64H2,1-3H3/b10-7-,18-16-,24-22-,29-28-. The maximum absolute atomic E-state index is 12.8. The number of carbonyl (C=O) groups excluding carboxylic acids is 3. The summed E-state index contributed by atoms with van der Waals surface area (Å²) in [6.45, 7) is 6.54. The maximum Gasteiger partial charge on any atom is 0.306 e. The molecular formula is C68H124O6. The number of unbranched alkanes of at least 4 members (excludes halogenated alkanes) is 41. The highest BCUT2D eigenvalue weighted by molar-refractivity contribution is 5.71. The zero-order valence-electron chi connectivity index (χ0n) is 49.6. The molecule has 74 heavy (non-hydrogen) atoms. The fourth-order valence-corrected chi connectivity index (χ4v) is 9.73. The van der Waals surface area contributed by atoms with E-state index in [-0.39, 0.29) is 31.1 Å². The van der Waals surface area contributed by atoms with Gasteiger partial charge in [-0.2, -0.15) is 0 Å². The van der Waals surface area contributed by atoms with Crippen molar-refractivity contribution in [3.05, 3.63) is 48.6 Å². The first-order valence-electron chi connectivity index (χ1n) is 32.6. The third-order valence-electron chi connectivity index (χ3n) is 14.6. The van der Waals surface area contributed by atoms with Crippen LogP contribution < -0.4 is 0 Å². The van der Waals surface area contributed by atoms with Gasteiger partial charge in [-0.05, 0) is 57.8 Å². The average Bonchev–Trinajstić information content (AvgIpc) is 3.40. The van der Waals surface area contributed by atoms with Crippen LogP contribution in [0.25, 0.3) is 0 Å². The van der Waals surface area contributed by atoms with E-state index in [1.807, 2.05) is 0 Å². The van der Waals surface area contributed by atoms with Crippen LogP contribution in [0.4, 0.5) is 0 Å². The van der Waals surface area contributed by atoms with Crippen molar-refractivity contribution in [1.29, 1.82) is 0 Å². The summed E-state index contributed by atoms with van der Waals surface area (Å²) < 4.78 is 16.9. The van der Waals surface area contributed by atoms with Gasteiger partial charge in [-0.1, -0.05) is 320 Å². The summed E-state index contributed by atoms with van der Waals surface area (Å²) in [4.78, 5) is 38.1. The van der Waals surface area contributed by atoms with E-state index < -0.39 is 6.10 Å². The molecule has 0 heterocycles. The Morgan fingerprint density at radius 2 is 0.527 bits per heavy atom. The quantitative estimate of drug-likeness (QED) is 0.0261. The number of rotatable bonds is 60. The minimum atomic E-state index is -0.765. The molecule has 0 aromatic carbocycles. The first kappa shape index (κ1) is 71.4. The Morgan fingerprint density at radius 3 is 0.824 bits per heavy atom. The first-order chi connectivity index (χ1) is 36.5. The number of carbonyl (C=O) groups is 3. The summed E-state index contributed by atoms with van der Waals surface area (Å²) in [6, 6.07) is 0. The lowest BCUT2D eigenvalue weighted by Crippen LogP contribution is -2.30. The topological polar surface area (TPSA) is 78.9 Å². The average molecular weight is 1040 g/mol. The van der Waals surface area contributed by atoms with E-state index in [1.54, 1.807) is 0 Å². The van der Waals surface area contributed by atoms with Crippen LogP contribution in [-0.2, 0) is 28.6 Å². The van der Waals surface area contributed by atoms with E-state index in [0.29, 0.717) is 19.3 Å². The van der Waals surface area contributed by atoms with Gasteiger partial charge in [-0.3, -0.25) is 14.4 Å². The van der Waals surface area contributed by atoms with Crippen LogP contribution >= 0.6 is 0 Å². The van der Waals surface area contributed by atoms with Gasteiger partial charge in [-0.25, -0.2) is 0 Å². The van der Waals surface area contributed by atoms with E-state index in [0.717, 1.165) is 83.5 Å². The molecule has 0 aliphatic carbocycles. The van der Waals surface area contributed by atoms with Gasteiger partial charge in [0, 0.05) is 19.3 Å². The second kappa shape index (κ2) is 62.9. The molecular weight excluding hydrogens is 913 g/mol. The number of hydrogen-bond acceptors (Lipinski definition) is 6. The van der Waals surface area contributed by atoms with Gasteiger partial charge in [0.05, 0.1) is 0 Å². The smallest absolute Gasteiger partial charge is 0.306 e. The Hall–Kier alpha value is -2.63. The van der Waals surface area contributed by atoms with Gasteiger partial charge in [-0.15, -0.1) is 0 Å². The van der Waals surface area contributed by atoms with Gasteiger partial charge in [0.15, 0.2) is 6.10 Å². The second-order valence-electron chi connectivity index (χ2n) is 22.0. The predicted octanol–water partition coefficient (Wildman–Crippen LogP) is 22.2. The molecule has 0 amide bonds. The van der Waals surface area contributed by atoms with Gasteiger partial charge >= 0.3 is 17.9 Å². The fourth-order valence-electron chi connectivity index (χ4n) is 9.73. The molecule has 432 valence electrons. The van der Waals surface area contributed by atoms with E-state index in [2.05, 4.69) is 69.4 Å². The van der Waals surface area contributed by atoms with Crippen LogP contribution in [0.3, 0.4) is 0 Å². The van der Waals surface area contributed by atoms with Gasteiger partial charge in [0.1, 0.15) is 13.2 Å². The van der Waals surface area contributed by atoms with Crippen molar-refractivity contribution in [2.45, 2.75) is 354 Å². The SMILES string of the molecule is CC/C=C\C/C=C\C/C=C\C/C=C\CCCCCCCCCCCCCCCCCCCCC(=O)OCC(COC(=O)CCCCCCCCC)OC(=O)CCCCCCCCCCCCCCCCCCCC. The highest BCUT2D eigenvalue weighted by Gasteiger charge is 2.19. The highest BCUT2D eigenvalue weighted by Crippen LogP contribution is 2.18. The summed E-state index contributed by atoms with van der Waals surface area (Å²) >= 11 is 0. The normalized spacial score (nSPS) is 12.3. The van der Waals surface area contributed by atoms with Crippen LogP contribution in [-0.4, -0.2) is 37.2 Å². The van der Waals surface area contributed by atoms with E-state index in [9.17, 15) is 14.4 Å². The Bertz CT molecular complexity index is 1280. The van der Waals surface area contributed by atoms with E-state index in [1.165, 1.54) is 225 Å². The summed E-state index contributed by atoms with van der Waals surface area (Å²) in [5.74, 6) is -0.850. The van der Waals surface area contributed by atoms with Crippen LogP contribution in [0.15, 0.2) is 48.6 Å². The van der Waals surface area contributed by atoms with Crippen LogP contribution in [0.2, 0.25) is 0 Å².